The summed E-state index contributed by atoms with van der Waals surface area (Å²) in [6.07, 6.45) is 1.38. The molecule has 0 radical (unpaired) electrons. The van der Waals surface area contributed by atoms with Crippen LogP contribution in [0.1, 0.15) is 29.0 Å². The number of nitrogens with one attached hydrogen (secondary N) is 1. The Bertz CT molecular complexity index is 698. The van der Waals surface area contributed by atoms with Crippen molar-refractivity contribution in [2.45, 2.75) is 18.8 Å². The molecule has 3 heteroatoms. The highest BCUT2D eigenvalue weighted by molar-refractivity contribution is 6.01. The van der Waals surface area contributed by atoms with E-state index in [1.54, 1.807) is 0 Å². The zero-order valence-corrected chi connectivity index (χ0v) is 12.5. The second-order valence-electron chi connectivity index (χ2n) is 5.49. The summed E-state index contributed by atoms with van der Waals surface area (Å²) in [7, 11) is 0. The summed E-state index contributed by atoms with van der Waals surface area (Å²) in [5, 5.41) is 12.5. The molecule has 1 atom stereocenters. The van der Waals surface area contributed by atoms with Crippen molar-refractivity contribution in [3.63, 3.8) is 0 Å². The van der Waals surface area contributed by atoms with Gasteiger partial charge in [0.2, 0.25) is 0 Å². The molecule has 22 heavy (non-hydrogen) atoms. The predicted octanol–water partition coefficient (Wildman–Crippen LogP) is 3.28. The molecule has 0 amide bonds. The van der Waals surface area contributed by atoms with Crippen molar-refractivity contribution in [2.75, 3.05) is 13.1 Å². The average molecular weight is 289 g/mol. The normalized spacial score (nSPS) is 14.8. The van der Waals surface area contributed by atoms with Crippen molar-refractivity contribution in [3.05, 3.63) is 71.3 Å². The van der Waals surface area contributed by atoms with Gasteiger partial charge in [-0.15, -0.1) is 0 Å². The lowest BCUT2D eigenvalue weighted by Crippen LogP contribution is -2.21. The van der Waals surface area contributed by atoms with Crippen LogP contribution in [0, 0.1) is 11.3 Å². The summed E-state index contributed by atoms with van der Waals surface area (Å²) >= 11 is 0. The largest absolute Gasteiger partial charge is 0.368 e. The van der Waals surface area contributed by atoms with Crippen LogP contribution in [0.3, 0.4) is 0 Å². The lowest BCUT2D eigenvalue weighted by Gasteiger charge is -2.17. The van der Waals surface area contributed by atoms with Gasteiger partial charge >= 0.3 is 0 Å². The standard InChI is InChI=1S/C19H19N3/c20-11-10-16(15-6-2-1-3-7-15)14-17-8-4-5-9-18(17)19-21-12-13-22-19/h1-9,16H,10,12-14H2,(H,21,22). The molecule has 2 aromatic rings. The molecular weight excluding hydrogens is 270 g/mol. The minimum Gasteiger partial charge on any atom is -0.368 e. The van der Waals surface area contributed by atoms with E-state index in [1.807, 2.05) is 24.3 Å². The molecule has 0 aromatic heterocycles. The summed E-state index contributed by atoms with van der Waals surface area (Å²) in [4.78, 5) is 4.53. The molecule has 1 aliphatic rings. The lowest BCUT2D eigenvalue weighted by molar-refractivity contribution is 0.701. The zero-order valence-electron chi connectivity index (χ0n) is 12.5. The molecule has 3 rings (SSSR count). The Balaban J connectivity index is 1.89. The first-order valence-corrected chi connectivity index (χ1v) is 7.67. The summed E-state index contributed by atoms with van der Waals surface area (Å²) < 4.78 is 0. The van der Waals surface area contributed by atoms with Gasteiger partial charge < -0.3 is 5.32 Å². The Morgan fingerprint density at radius 1 is 1.09 bits per heavy atom. The van der Waals surface area contributed by atoms with E-state index < -0.39 is 0 Å². The van der Waals surface area contributed by atoms with Gasteiger partial charge in [-0.3, -0.25) is 4.99 Å². The Kier molecular flexibility index (Phi) is 4.50. The van der Waals surface area contributed by atoms with Gasteiger partial charge in [0.1, 0.15) is 5.84 Å². The Morgan fingerprint density at radius 2 is 1.86 bits per heavy atom. The molecule has 1 heterocycles. The highest BCUT2D eigenvalue weighted by Crippen LogP contribution is 2.26. The van der Waals surface area contributed by atoms with Gasteiger partial charge in [-0.2, -0.15) is 5.26 Å². The smallest absolute Gasteiger partial charge is 0.128 e. The van der Waals surface area contributed by atoms with Gasteiger partial charge in [0.25, 0.3) is 0 Å². The van der Waals surface area contributed by atoms with Crippen molar-refractivity contribution in [1.29, 1.82) is 5.26 Å². The minimum absolute atomic E-state index is 0.217. The highest BCUT2D eigenvalue weighted by Gasteiger charge is 2.17. The van der Waals surface area contributed by atoms with Crippen LogP contribution in [-0.4, -0.2) is 18.9 Å². The third kappa shape index (κ3) is 3.17. The molecular formula is C19H19N3. The predicted molar refractivity (Wildman–Crippen MR) is 89.0 cm³/mol. The number of aliphatic imine (C=N–C) groups is 1. The fraction of sp³-hybridized carbons (Fsp3) is 0.263. The van der Waals surface area contributed by atoms with Crippen LogP contribution < -0.4 is 5.32 Å². The van der Waals surface area contributed by atoms with Crippen LogP contribution in [-0.2, 0) is 6.42 Å². The van der Waals surface area contributed by atoms with Crippen LogP contribution in [0.15, 0.2) is 59.6 Å². The molecule has 110 valence electrons. The minimum atomic E-state index is 0.217. The van der Waals surface area contributed by atoms with Crippen LogP contribution in [0.2, 0.25) is 0 Å². The third-order valence-electron chi connectivity index (χ3n) is 4.02. The number of hydrogen-bond donors (Lipinski definition) is 1. The van der Waals surface area contributed by atoms with Crippen molar-refractivity contribution in [3.8, 4) is 6.07 Å². The fourth-order valence-corrected chi connectivity index (χ4v) is 2.92. The maximum atomic E-state index is 9.17. The monoisotopic (exact) mass is 289 g/mol. The molecule has 0 fully saturated rings. The number of benzene rings is 2. The quantitative estimate of drug-likeness (QED) is 0.918. The van der Waals surface area contributed by atoms with Crippen molar-refractivity contribution in [2.24, 2.45) is 4.99 Å². The van der Waals surface area contributed by atoms with Gasteiger partial charge in [0.05, 0.1) is 12.6 Å². The number of nitrogens with zero attached hydrogens (tertiary/aromatic N) is 2. The maximum absolute atomic E-state index is 9.17. The molecule has 0 spiro atoms. The fourth-order valence-electron chi connectivity index (χ4n) is 2.92. The van der Waals surface area contributed by atoms with Crippen LogP contribution >= 0.6 is 0 Å². The first kappa shape index (κ1) is 14.3. The molecule has 3 nitrogen and oxygen atoms in total. The number of nitriles is 1. The Morgan fingerprint density at radius 3 is 2.59 bits per heavy atom. The average Bonchev–Trinajstić information content (AvgIpc) is 3.10. The van der Waals surface area contributed by atoms with Gasteiger partial charge in [-0.25, -0.2) is 0 Å². The summed E-state index contributed by atoms with van der Waals surface area (Å²) in [5.74, 6) is 1.20. The summed E-state index contributed by atoms with van der Waals surface area (Å²) in [5.41, 5.74) is 3.64. The highest BCUT2D eigenvalue weighted by atomic mass is 15.1. The first-order valence-electron chi connectivity index (χ1n) is 7.67. The molecule has 0 saturated carbocycles. The van der Waals surface area contributed by atoms with Crippen LogP contribution in [0.25, 0.3) is 0 Å². The van der Waals surface area contributed by atoms with E-state index in [0.29, 0.717) is 6.42 Å². The number of amidine groups is 1. The van der Waals surface area contributed by atoms with E-state index >= 15 is 0 Å². The summed E-state index contributed by atoms with van der Waals surface area (Å²) in [6, 6.07) is 21.0. The van der Waals surface area contributed by atoms with E-state index in [9.17, 15) is 5.26 Å². The second kappa shape index (κ2) is 6.91. The second-order valence-corrected chi connectivity index (χ2v) is 5.49. The van der Waals surface area contributed by atoms with Crippen LogP contribution in [0.4, 0.5) is 0 Å². The lowest BCUT2D eigenvalue weighted by atomic mass is 9.88. The van der Waals surface area contributed by atoms with E-state index in [-0.39, 0.29) is 5.92 Å². The topological polar surface area (TPSA) is 48.2 Å². The van der Waals surface area contributed by atoms with E-state index in [4.69, 9.17) is 0 Å². The van der Waals surface area contributed by atoms with Crippen molar-refractivity contribution >= 4 is 5.84 Å². The molecule has 0 aliphatic carbocycles. The van der Waals surface area contributed by atoms with Gasteiger partial charge in [0.15, 0.2) is 0 Å². The van der Waals surface area contributed by atoms with E-state index in [1.165, 1.54) is 16.7 Å². The van der Waals surface area contributed by atoms with E-state index in [2.05, 4.69) is 46.7 Å². The summed E-state index contributed by atoms with van der Waals surface area (Å²) in [6.45, 7) is 1.74. The number of hydrogen-bond acceptors (Lipinski definition) is 3. The SMILES string of the molecule is N#CCC(Cc1ccccc1C1=NCCN1)c1ccccc1. The zero-order chi connectivity index (χ0) is 15.2. The number of rotatable bonds is 5. The molecule has 1 N–H and O–H groups in total. The van der Waals surface area contributed by atoms with Crippen molar-refractivity contribution < 1.29 is 0 Å². The first-order chi connectivity index (χ1) is 10.9. The Labute approximate surface area is 131 Å². The molecule has 1 unspecified atom stereocenters. The molecule has 0 bridgehead atoms. The van der Waals surface area contributed by atoms with Gasteiger partial charge in [-0.1, -0.05) is 54.6 Å². The van der Waals surface area contributed by atoms with E-state index in [0.717, 1.165) is 25.3 Å². The molecule has 0 saturated heterocycles. The van der Waals surface area contributed by atoms with Crippen molar-refractivity contribution in [1.82, 2.24) is 5.32 Å². The molecule has 1 aliphatic heterocycles. The maximum Gasteiger partial charge on any atom is 0.128 e. The Hall–Kier alpha value is -2.60. The molecule has 2 aromatic carbocycles. The van der Waals surface area contributed by atoms with Crippen LogP contribution in [0.5, 0.6) is 0 Å². The van der Waals surface area contributed by atoms with Gasteiger partial charge in [-0.05, 0) is 17.5 Å². The third-order valence-corrected chi connectivity index (χ3v) is 4.02. The van der Waals surface area contributed by atoms with Gasteiger partial charge in [0, 0.05) is 24.4 Å².